The molecule has 0 aliphatic carbocycles. The zero-order valence-electron chi connectivity index (χ0n) is 14.6. The summed E-state index contributed by atoms with van der Waals surface area (Å²) in [5.41, 5.74) is 2.69. The molecular weight excluding hydrogens is 362 g/mol. The Balaban J connectivity index is 0.00000196. The number of thiophene rings is 1. The lowest BCUT2D eigenvalue weighted by molar-refractivity contribution is 0.261. The third kappa shape index (κ3) is 4.02. The van der Waals surface area contributed by atoms with Gasteiger partial charge in [0.05, 0.1) is 0 Å². The van der Waals surface area contributed by atoms with Crippen molar-refractivity contribution in [1.82, 2.24) is 4.90 Å². The third-order valence-corrected chi connectivity index (χ3v) is 5.93. The lowest BCUT2D eigenvalue weighted by Gasteiger charge is -2.36. The largest absolute Gasteiger partial charge is 0.368 e. The number of anilines is 1. The molecule has 26 heavy (non-hydrogen) atoms. The molecule has 1 aliphatic heterocycles. The van der Waals surface area contributed by atoms with Crippen molar-refractivity contribution in [3.05, 3.63) is 65.0 Å². The number of piperazine rings is 1. The Hall–Kier alpha value is -2.06. The summed E-state index contributed by atoms with van der Waals surface area (Å²) in [7, 11) is 0. The molecule has 0 atom stereocenters. The Kier molecular flexibility index (Phi) is 6.16. The molecule has 0 N–H and O–H groups in total. The van der Waals surface area contributed by atoms with E-state index in [1.807, 2.05) is 6.07 Å². The van der Waals surface area contributed by atoms with E-state index in [4.69, 9.17) is 5.26 Å². The number of fused-ring (bicyclic) bond motifs is 1. The van der Waals surface area contributed by atoms with Gasteiger partial charge < -0.3 is 4.90 Å². The second-order valence-corrected chi connectivity index (χ2v) is 7.56. The standard InChI is InChI=1S/C21H21N3S.ClH/c22-16-18-15-19-20(7-4-8-21(19)25-18)24-13-11-23(12-14-24)10-9-17-5-2-1-3-6-17;/h1-8,15H,9-14H2;1H. The van der Waals surface area contributed by atoms with Crippen molar-refractivity contribution in [3.63, 3.8) is 0 Å². The van der Waals surface area contributed by atoms with Crippen LogP contribution in [-0.4, -0.2) is 37.6 Å². The molecule has 1 aromatic heterocycles. The molecule has 0 unspecified atom stereocenters. The van der Waals surface area contributed by atoms with E-state index in [0.29, 0.717) is 0 Å². The van der Waals surface area contributed by atoms with Gasteiger partial charge in [0.25, 0.3) is 0 Å². The van der Waals surface area contributed by atoms with Gasteiger partial charge in [0.1, 0.15) is 10.9 Å². The zero-order chi connectivity index (χ0) is 17.1. The van der Waals surface area contributed by atoms with E-state index in [2.05, 4.69) is 64.4 Å². The topological polar surface area (TPSA) is 30.3 Å². The molecule has 0 saturated carbocycles. The van der Waals surface area contributed by atoms with Gasteiger partial charge in [-0.15, -0.1) is 23.7 Å². The molecule has 3 nitrogen and oxygen atoms in total. The minimum absolute atomic E-state index is 0. The minimum atomic E-state index is 0. The van der Waals surface area contributed by atoms with E-state index in [0.717, 1.165) is 44.0 Å². The normalized spacial score (nSPS) is 14.8. The molecule has 3 aromatic rings. The SMILES string of the molecule is Cl.N#Cc1cc2c(N3CCN(CCc4ccccc4)CC3)cccc2s1. The first-order valence-corrected chi connectivity index (χ1v) is 9.59. The number of nitriles is 1. The smallest absolute Gasteiger partial charge is 0.110 e. The average Bonchev–Trinajstić information content (AvgIpc) is 3.11. The Morgan fingerprint density at radius 3 is 2.46 bits per heavy atom. The Morgan fingerprint density at radius 1 is 0.962 bits per heavy atom. The van der Waals surface area contributed by atoms with Crippen molar-refractivity contribution in [1.29, 1.82) is 5.26 Å². The van der Waals surface area contributed by atoms with E-state index in [1.165, 1.54) is 21.3 Å². The lowest BCUT2D eigenvalue weighted by atomic mass is 10.1. The quantitative estimate of drug-likeness (QED) is 0.661. The van der Waals surface area contributed by atoms with E-state index in [9.17, 15) is 0 Å². The fourth-order valence-corrected chi connectivity index (χ4v) is 4.40. The summed E-state index contributed by atoms with van der Waals surface area (Å²) in [4.78, 5) is 5.82. The van der Waals surface area contributed by atoms with Crippen LogP contribution in [0.15, 0.2) is 54.6 Å². The minimum Gasteiger partial charge on any atom is -0.368 e. The maximum Gasteiger partial charge on any atom is 0.110 e. The van der Waals surface area contributed by atoms with E-state index < -0.39 is 0 Å². The van der Waals surface area contributed by atoms with Crippen LogP contribution in [0, 0.1) is 11.3 Å². The van der Waals surface area contributed by atoms with Gasteiger partial charge in [-0.2, -0.15) is 5.26 Å². The predicted molar refractivity (Wildman–Crippen MR) is 113 cm³/mol. The van der Waals surface area contributed by atoms with Crippen molar-refractivity contribution in [2.24, 2.45) is 0 Å². The molecule has 0 spiro atoms. The Labute approximate surface area is 164 Å². The second kappa shape index (κ2) is 8.55. The van der Waals surface area contributed by atoms with Gasteiger partial charge in [-0.05, 0) is 30.2 Å². The summed E-state index contributed by atoms with van der Waals surface area (Å²) in [5.74, 6) is 0. The van der Waals surface area contributed by atoms with Gasteiger partial charge >= 0.3 is 0 Å². The fraction of sp³-hybridized carbons (Fsp3) is 0.286. The maximum absolute atomic E-state index is 9.17. The molecule has 0 radical (unpaired) electrons. The van der Waals surface area contributed by atoms with E-state index >= 15 is 0 Å². The van der Waals surface area contributed by atoms with E-state index in [-0.39, 0.29) is 12.4 Å². The molecule has 134 valence electrons. The van der Waals surface area contributed by atoms with E-state index in [1.54, 1.807) is 11.3 Å². The number of halogens is 1. The number of hydrogen-bond acceptors (Lipinski definition) is 4. The molecule has 0 bridgehead atoms. The van der Waals surface area contributed by atoms with Gasteiger partial charge in [0.2, 0.25) is 0 Å². The van der Waals surface area contributed by atoms with Crippen LogP contribution in [0.25, 0.3) is 10.1 Å². The Bertz CT molecular complexity index is 893. The molecular formula is C21H22ClN3S. The average molecular weight is 384 g/mol. The highest BCUT2D eigenvalue weighted by atomic mass is 35.5. The zero-order valence-corrected chi connectivity index (χ0v) is 16.2. The van der Waals surface area contributed by atoms with Crippen LogP contribution in [0.3, 0.4) is 0 Å². The summed E-state index contributed by atoms with van der Waals surface area (Å²) in [6, 6.07) is 21.4. The number of rotatable bonds is 4. The van der Waals surface area contributed by atoms with Gasteiger partial charge in [-0.3, -0.25) is 4.90 Å². The first kappa shape index (κ1) is 18.7. The van der Waals surface area contributed by atoms with Gasteiger partial charge in [0.15, 0.2) is 0 Å². The molecule has 4 rings (SSSR count). The van der Waals surface area contributed by atoms with Crippen molar-refractivity contribution in [2.75, 3.05) is 37.6 Å². The molecule has 1 saturated heterocycles. The first-order valence-electron chi connectivity index (χ1n) is 8.77. The van der Waals surface area contributed by atoms with Crippen LogP contribution in [0.2, 0.25) is 0 Å². The molecule has 2 aromatic carbocycles. The maximum atomic E-state index is 9.17. The van der Waals surface area contributed by atoms with Crippen LogP contribution in [0.4, 0.5) is 5.69 Å². The van der Waals surface area contributed by atoms with Crippen LogP contribution < -0.4 is 4.90 Å². The fourth-order valence-electron chi connectivity index (χ4n) is 3.52. The van der Waals surface area contributed by atoms with Crippen LogP contribution in [0.1, 0.15) is 10.4 Å². The first-order chi connectivity index (χ1) is 12.3. The molecule has 1 aliphatic rings. The highest BCUT2D eigenvalue weighted by molar-refractivity contribution is 7.19. The van der Waals surface area contributed by atoms with Gasteiger partial charge in [-0.25, -0.2) is 0 Å². The van der Waals surface area contributed by atoms with Gasteiger partial charge in [-0.1, -0.05) is 36.4 Å². The molecule has 5 heteroatoms. The van der Waals surface area contributed by atoms with Crippen molar-refractivity contribution >= 4 is 39.5 Å². The predicted octanol–water partition coefficient (Wildman–Crippen LogP) is 4.56. The second-order valence-electron chi connectivity index (χ2n) is 6.48. The van der Waals surface area contributed by atoms with Gasteiger partial charge in [0, 0.05) is 48.5 Å². The van der Waals surface area contributed by atoms with Crippen molar-refractivity contribution in [2.45, 2.75) is 6.42 Å². The summed E-state index contributed by atoms with van der Waals surface area (Å²) in [6.07, 6.45) is 1.12. The summed E-state index contributed by atoms with van der Waals surface area (Å²) < 4.78 is 1.21. The Morgan fingerprint density at radius 2 is 1.73 bits per heavy atom. The monoisotopic (exact) mass is 383 g/mol. The van der Waals surface area contributed by atoms with Crippen molar-refractivity contribution < 1.29 is 0 Å². The summed E-state index contributed by atoms with van der Waals surface area (Å²) >= 11 is 1.58. The third-order valence-electron chi connectivity index (χ3n) is 4.92. The highest BCUT2D eigenvalue weighted by Gasteiger charge is 2.19. The van der Waals surface area contributed by atoms with Crippen LogP contribution >= 0.6 is 23.7 Å². The van der Waals surface area contributed by atoms with Crippen LogP contribution in [-0.2, 0) is 6.42 Å². The molecule has 2 heterocycles. The number of benzene rings is 2. The summed E-state index contributed by atoms with van der Waals surface area (Å²) in [5, 5.41) is 10.4. The number of nitrogens with zero attached hydrogens (tertiary/aromatic N) is 3. The number of hydrogen-bond donors (Lipinski definition) is 0. The lowest BCUT2D eigenvalue weighted by Crippen LogP contribution is -2.47. The summed E-state index contributed by atoms with van der Waals surface area (Å²) in [6.45, 7) is 5.41. The van der Waals surface area contributed by atoms with Crippen molar-refractivity contribution in [3.8, 4) is 6.07 Å². The van der Waals surface area contributed by atoms with Crippen LogP contribution in [0.5, 0.6) is 0 Å². The highest BCUT2D eigenvalue weighted by Crippen LogP contribution is 2.33. The molecule has 1 fully saturated rings. The molecule has 0 amide bonds.